The van der Waals surface area contributed by atoms with E-state index in [1.807, 2.05) is 25.1 Å². The van der Waals surface area contributed by atoms with Gasteiger partial charge in [-0.15, -0.1) is 0 Å². The molecular weight excluding hydrogens is 272 g/mol. The van der Waals surface area contributed by atoms with Gasteiger partial charge in [0.25, 0.3) is 0 Å². The predicted molar refractivity (Wildman–Crippen MR) is 84.4 cm³/mol. The monoisotopic (exact) mass is 290 g/mol. The molecule has 0 saturated carbocycles. The SMILES string of the molecule is CCNc1ncc(Cl)c(NC(C)Cc2ccccc2)n1. The summed E-state index contributed by atoms with van der Waals surface area (Å²) in [5, 5.41) is 6.95. The van der Waals surface area contributed by atoms with Crippen LogP contribution in [0.1, 0.15) is 19.4 Å². The van der Waals surface area contributed by atoms with Crippen molar-refractivity contribution in [2.24, 2.45) is 0 Å². The van der Waals surface area contributed by atoms with E-state index < -0.39 is 0 Å². The smallest absolute Gasteiger partial charge is 0.224 e. The number of benzene rings is 1. The molecular formula is C15H19ClN4. The molecule has 0 aliphatic rings. The van der Waals surface area contributed by atoms with Gasteiger partial charge < -0.3 is 10.6 Å². The lowest BCUT2D eigenvalue weighted by molar-refractivity contribution is 0.784. The minimum atomic E-state index is 0.235. The van der Waals surface area contributed by atoms with Gasteiger partial charge in [-0.05, 0) is 25.8 Å². The van der Waals surface area contributed by atoms with Crippen LogP contribution < -0.4 is 10.6 Å². The Morgan fingerprint density at radius 1 is 1.25 bits per heavy atom. The minimum absolute atomic E-state index is 0.235. The van der Waals surface area contributed by atoms with Crippen LogP contribution in [0.25, 0.3) is 0 Å². The molecule has 0 fully saturated rings. The Hall–Kier alpha value is -1.81. The summed E-state index contributed by atoms with van der Waals surface area (Å²) in [4.78, 5) is 8.50. The first kappa shape index (κ1) is 14.6. The molecule has 0 aliphatic heterocycles. The van der Waals surface area contributed by atoms with E-state index in [2.05, 4.69) is 39.7 Å². The fourth-order valence-electron chi connectivity index (χ4n) is 1.96. The first-order chi connectivity index (χ1) is 9.69. The molecule has 1 heterocycles. The number of hydrogen-bond acceptors (Lipinski definition) is 4. The maximum Gasteiger partial charge on any atom is 0.224 e. The molecule has 2 N–H and O–H groups in total. The Balaban J connectivity index is 2.03. The third-order valence-corrected chi connectivity index (χ3v) is 3.12. The zero-order valence-corrected chi connectivity index (χ0v) is 12.5. The standard InChI is InChI=1S/C15H19ClN4/c1-3-17-15-18-10-13(16)14(20-15)19-11(2)9-12-7-5-4-6-8-12/h4-8,10-11H,3,9H2,1-2H3,(H2,17,18,19,20). The van der Waals surface area contributed by atoms with E-state index >= 15 is 0 Å². The molecule has 2 rings (SSSR count). The Kier molecular flexibility index (Phi) is 5.18. The summed E-state index contributed by atoms with van der Waals surface area (Å²) in [5.74, 6) is 1.26. The molecule has 5 heteroatoms. The predicted octanol–water partition coefficient (Wildman–Crippen LogP) is 3.60. The first-order valence-corrected chi connectivity index (χ1v) is 7.13. The highest BCUT2D eigenvalue weighted by atomic mass is 35.5. The molecule has 0 aliphatic carbocycles. The molecule has 0 radical (unpaired) electrons. The summed E-state index contributed by atoms with van der Waals surface area (Å²) in [6.45, 7) is 4.89. The fourth-order valence-corrected chi connectivity index (χ4v) is 2.11. The number of halogens is 1. The first-order valence-electron chi connectivity index (χ1n) is 6.76. The number of nitrogens with zero attached hydrogens (tertiary/aromatic N) is 2. The normalized spacial score (nSPS) is 11.9. The molecule has 0 spiro atoms. The molecule has 4 nitrogen and oxygen atoms in total. The van der Waals surface area contributed by atoms with E-state index in [-0.39, 0.29) is 6.04 Å². The van der Waals surface area contributed by atoms with Crippen molar-refractivity contribution in [1.29, 1.82) is 0 Å². The summed E-state index contributed by atoms with van der Waals surface area (Å²) in [6, 6.07) is 10.6. The highest BCUT2D eigenvalue weighted by Crippen LogP contribution is 2.20. The van der Waals surface area contributed by atoms with Crippen molar-refractivity contribution in [3.8, 4) is 0 Å². The third-order valence-electron chi connectivity index (χ3n) is 2.85. The van der Waals surface area contributed by atoms with Crippen molar-refractivity contribution in [2.75, 3.05) is 17.2 Å². The van der Waals surface area contributed by atoms with E-state index in [0.717, 1.165) is 13.0 Å². The van der Waals surface area contributed by atoms with Crippen LogP contribution in [0.2, 0.25) is 5.02 Å². The molecule has 106 valence electrons. The van der Waals surface area contributed by atoms with Crippen molar-refractivity contribution in [1.82, 2.24) is 9.97 Å². The van der Waals surface area contributed by atoms with Crippen LogP contribution in [0.5, 0.6) is 0 Å². The maximum atomic E-state index is 6.13. The summed E-state index contributed by atoms with van der Waals surface area (Å²) >= 11 is 6.13. The van der Waals surface area contributed by atoms with Gasteiger partial charge in [-0.1, -0.05) is 41.9 Å². The fraction of sp³-hybridized carbons (Fsp3) is 0.333. The minimum Gasteiger partial charge on any atom is -0.366 e. The van der Waals surface area contributed by atoms with Crippen molar-refractivity contribution in [3.05, 3.63) is 47.1 Å². The average molecular weight is 291 g/mol. The molecule has 20 heavy (non-hydrogen) atoms. The lowest BCUT2D eigenvalue weighted by atomic mass is 10.1. The quantitative estimate of drug-likeness (QED) is 0.853. The number of anilines is 2. The molecule has 1 unspecified atom stereocenters. The van der Waals surface area contributed by atoms with Crippen LogP contribution in [-0.4, -0.2) is 22.6 Å². The second-order valence-electron chi connectivity index (χ2n) is 4.66. The van der Waals surface area contributed by atoms with Crippen molar-refractivity contribution >= 4 is 23.4 Å². The highest BCUT2D eigenvalue weighted by Gasteiger charge is 2.09. The molecule has 0 amide bonds. The third kappa shape index (κ3) is 4.10. The molecule has 2 aromatic rings. The summed E-state index contributed by atoms with van der Waals surface area (Å²) in [6.07, 6.45) is 2.53. The zero-order valence-electron chi connectivity index (χ0n) is 11.7. The number of rotatable bonds is 6. The van der Waals surface area contributed by atoms with Gasteiger partial charge >= 0.3 is 0 Å². The summed E-state index contributed by atoms with van der Waals surface area (Å²) in [7, 11) is 0. The molecule has 1 atom stereocenters. The van der Waals surface area contributed by atoms with E-state index in [1.165, 1.54) is 5.56 Å². The van der Waals surface area contributed by atoms with Crippen LogP contribution in [0.15, 0.2) is 36.5 Å². The van der Waals surface area contributed by atoms with Crippen LogP contribution in [0.3, 0.4) is 0 Å². The van der Waals surface area contributed by atoms with E-state index in [9.17, 15) is 0 Å². The average Bonchev–Trinajstić information content (AvgIpc) is 2.44. The number of hydrogen-bond donors (Lipinski definition) is 2. The second-order valence-corrected chi connectivity index (χ2v) is 5.06. The van der Waals surface area contributed by atoms with Gasteiger partial charge in [-0.2, -0.15) is 4.98 Å². The van der Waals surface area contributed by atoms with Crippen LogP contribution in [-0.2, 0) is 6.42 Å². The van der Waals surface area contributed by atoms with Crippen molar-refractivity contribution in [3.63, 3.8) is 0 Å². The van der Waals surface area contributed by atoms with Gasteiger partial charge in [0.1, 0.15) is 5.02 Å². The highest BCUT2D eigenvalue weighted by molar-refractivity contribution is 6.32. The molecule has 1 aromatic heterocycles. The number of aromatic nitrogens is 2. The van der Waals surface area contributed by atoms with E-state index in [1.54, 1.807) is 6.20 Å². The van der Waals surface area contributed by atoms with Gasteiger partial charge in [0.15, 0.2) is 5.82 Å². The van der Waals surface area contributed by atoms with Crippen molar-refractivity contribution in [2.45, 2.75) is 26.3 Å². The largest absolute Gasteiger partial charge is 0.366 e. The Morgan fingerprint density at radius 2 is 2.00 bits per heavy atom. The maximum absolute atomic E-state index is 6.13. The van der Waals surface area contributed by atoms with Gasteiger partial charge in [0.05, 0.1) is 6.20 Å². The van der Waals surface area contributed by atoms with Crippen molar-refractivity contribution < 1.29 is 0 Å². The van der Waals surface area contributed by atoms with Crippen LogP contribution in [0.4, 0.5) is 11.8 Å². The van der Waals surface area contributed by atoms with E-state index in [4.69, 9.17) is 11.6 Å². The van der Waals surface area contributed by atoms with Gasteiger partial charge in [-0.3, -0.25) is 0 Å². The Morgan fingerprint density at radius 3 is 2.70 bits per heavy atom. The summed E-state index contributed by atoms with van der Waals surface area (Å²) in [5.41, 5.74) is 1.28. The zero-order chi connectivity index (χ0) is 14.4. The van der Waals surface area contributed by atoms with E-state index in [0.29, 0.717) is 16.8 Å². The van der Waals surface area contributed by atoms with Gasteiger partial charge in [-0.25, -0.2) is 4.98 Å². The van der Waals surface area contributed by atoms with Gasteiger partial charge in [0, 0.05) is 12.6 Å². The van der Waals surface area contributed by atoms with Crippen LogP contribution >= 0.6 is 11.6 Å². The topological polar surface area (TPSA) is 49.8 Å². The second kappa shape index (κ2) is 7.10. The lowest BCUT2D eigenvalue weighted by Crippen LogP contribution is -2.19. The molecule has 1 aromatic carbocycles. The van der Waals surface area contributed by atoms with Crippen LogP contribution in [0, 0.1) is 0 Å². The lowest BCUT2D eigenvalue weighted by Gasteiger charge is -2.16. The summed E-state index contributed by atoms with van der Waals surface area (Å²) < 4.78 is 0. The molecule has 0 bridgehead atoms. The Bertz CT molecular complexity index is 545. The molecule has 0 saturated heterocycles. The Labute approximate surface area is 124 Å². The number of nitrogens with one attached hydrogen (secondary N) is 2. The van der Waals surface area contributed by atoms with Gasteiger partial charge in [0.2, 0.25) is 5.95 Å².